The molecule has 2 amide bonds. The lowest BCUT2D eigenvalue weighted by Gasteiger charge is -2.39. The summed E-state index contributed by atoms with van der Waals surface area (Å²) in [6.45, 7) is 16.0. The van der Waals surface area contributed by atoms with Crippen molar-refractivity contribution in [1.82, 2.24) is 25.4 Å². The number of carboxylic acid groups (broad SMARTS) is 1. The van der Waals surface area contributed by atoms with E-state index in [9.17, 15) is 19.5 Å². The van der Waals surface area contributed by atoms with Crippen LogP contribution in [0.5, 0.6) is 0 Å². The van der Waals surface area contributed by atoms with Crippen molar-refractivity contribution in [2.45, 2.75) is 85.5 Å². The number of fused-ring (bicyclic) bond motifs is 1. The molecule has 41 heavy (non-hydrogen) atoms. The van der Waals surface area contributed by atoms with E-state index in [4.69, 9.17) is 0 Å². The summed E-state index contributed by atoms with van der Waals surface area (Å²) in [5, 5.41) is 20.0. The molecule has 9 nitrogen and oxygen atoms in total. The second-order valence-corrected chi connectivity index (χ2v) is 13.1. The first kappa shape index (κ1) is 34.0. The molecule has 3 atom stereocenters. The van der Waals surface area contributed by atoms with Gasteiger partial charge in [-0.05, 0) is 55.6 Å². The Balaban J connectivity index is 2.48. The fourth-order valence-corrected chi connectivity index (χ4v) is 5.55. The second-order valence-electron chi connectivity index (χ2n) is 13.1. The largest absolute Gasteiger partial charge is 0.478 e. The van der Waals surface area contributed by atoms with Gasteiger partial charge in [-0.25, -0.2) is 4.79 Å². The van der Waals surface area contributed by atoms with Gasteiger partial charge in [-0.15, -0.1) is 0 Å². The van der Waals surface area contributed by atoms with Crippen LogP contribution in [-0.2, 0) is 33.4 Å². The minimum Gasteiger partial charge on any atom is -0.478 e. The van der Waals surface area contributed by atoms with Gasteiger partial charge < -0.3 is 30.5 Å². The Morgan fingerprint density at radius 1 is 1.07 bits per heavy atom. The molecule has 1 aromatic heterocycles. The number of likely N-dealkylation sites (N-methyl/N-ethyl adjacent to an activating group) is 2. The average molecular weight is 570 g/mol. The van der Waals surface area contributed by atoms with Crippen LogP contribution in [0.15, 0.2) is 36.0 Å². The van der Waals surface area contributed by atoms with E-state index < -0.39 is 34.9 Å². The summed E-state index contributed by atoms with van der Waals surface area (Å²) in [6, 6.07) is 4.46. The molecular formula is C32H51N5O4. The lowest BCUT2D eigenvalue weighted by molar-refractivity contribution is -0.141. The quantitative estimate of drug-likeness (QED) is 0.289. The molecule has 0 unspecified atom stereocenters. The van der Waals surface area contributed by atoms with Crippen molar-refractivity contribution < 1.29 is 19.5 Å². The number of benzene rings is 1. The number of carbonyl (C=O) groups is 3. The predicted molar refractivity (Wildman–Crippen MR) is 166 cm³/mol. The fourth-order valence-electron chi connectivity index (χ4n) is 5.55. The van der Waals surface area contributed by atoms with Crippen LogP contribution >= 0.6 is 0 Å². The molecule has 0 aliphatic carbocycles. The van der Waals surface area contributed by atoms with Gasteiger partial charge in [0.2, 0.25) is 11.8 Å². The topological polar surface area (TPSA) is 116 Å². The molecular weight excluding hydrogens is 518 g/mol. The molecule has 0 radical (unpaired) electrons. The molecule has 0 aliphatic heterocycles. The SMILES string of the molecule is CNCc1ccc2c(c1)c(C(C)(C)[C@H](NC)C(=O)N[C@H](C(=O)N(C)[C@H](/C=C(\C)C(=O)O)C(C)C)C(C)(C)C)cn2C. The van der Waals surface area contributed by atoms with Crippen LogP contribution in [0, 0.1) is 11.3 Å². The van der Waals surface area contributed by atoms with Gasteiger partial charge >= 0.3 is 5.97 Å². The number of aliphatic carboxylic acids is 1. The number of hydrogen-bond donors (Lipinski definition) is 4. The van der Waals surface area contributed by atoms with Gasteiger partial charge in [0.05, 0.1) is 12.1 Å². The first-order chi connectivity index (χ1) is 18.9. The third-order valence-corrected chi connectivity index (χ3v) is 8.04. The van der Waals surface area contributed by atoms with Gasteiger partial charge in [-0.2, -0.15) is 0 Å². The van der Waals surface area contributed by atoms with Crippen LogP contribution in [0.4, 0.5) is 0 Å². The molecule has 1 aromatic carbocycles. The van der Waals surface area contributed by atoms with Gasteiger partial charge in [0.1, 0.15) is 6.04 Å². The van der Waals surface area contributed by atoms with Gasteiger partial charge in [0.15, 0.2) is 0 Å². The standard InChI is InChI=1S/C32H51N5O4/c1-19(2)25(15-20(3)30(40)41)37(12)29(39)27(31(4,5)6)35-28(38)26(34-10)32(7,8)23-18-36(11)24-14-13-21(17-33-9)16-22(23)24/h13-16,18-19,25-27,33-34H,17H2,1-12H3,(H,35,38)(H,40,41)/b20-15+/t25-,26-,27-/m1/s1. The monoisotopic (exact) mass is 569 g/mol. The van der Waals surface area contributed by atoms with Crippen molar-refractivity contribution in [3.63, 3.8) is 0 Å². The normalized spacial score (nSPS) is 15.1. The zero-order chi connectivity index (χ0) is 31.4. The number of rotatable bonds is 12. The van der Waals surface area contributed by atoms with Gasteiger partial charge in [-0.1, -0.05) is 60.6 Å². The molecule has 0 aliphatic rings. The van der Waals surface area contributed by atoms with Crippen molar-refractivity contribution in [2.75, 3.05) is 21.1 Å². The molecule has 0 spiro atoms. The third kappa shape index (κ3) is 7.57. The van der Waals surface area contributed by atoms with Crippen molar-refractivity contribution >= 4 is 28.7 Å². The number of carboxylic acids is 1. The minimum absolute atomic E-state index is 0.0299. The summed E-state index contributed by atoms with van der Waals surface area (Å²) in [4.78, 5) is 41.0. The second kappa shape index (κ2) is 13.2. The Morgan fingerprint density at radius 3 is 2.17 bits per heavy atom. The molecule has 2 rings (SSSR count). The minimum atomic E-state index is -1.03. The first-order valence-corrected chi connectivity index (χ1v) is 14.3. The fraction of sp³-hybridized carbons (Fsp3) is 0.594. The van der Waals surface area contributed by atoms with Gasteiger partial charge in [-0.3, -0.25) is 9.59 Å². The highest BCUT2D eigenvalue weighted by molar-refractivity contribution is 5.93. The van der Waals surface area contributed by atoms with E-state index in [0.29, 0.717) is 0 Å². The van der Waals surface area contributed by atoms with Crippen molar-refractivity contribution in [2.24, 2.45) is 18.4 Å². The maximum absolute atomic E-state index is 14.0. The third-order valence-electron chi connectivity index (χ3n) is 8.04. The van der Waals surface area contributed by atoms with Crippen LogP contribution in [0.2, 0.25) is 0 Å². The number of carbonyl (C=O) groups excluding carboxylic acids is 2. The van der Waals surface area contributed by atoms with Crippen LogP contribution < -0.4 is 16.0 Å². The molecule has 0 bridgehead atoms. The van der Waals surface area contributed by atoms with Crippen molar-refractivity contribution in [1.29, 1.82) is 0 Å². The van der Waals surface area contributed by atoms with Crippen LogP contribution in [-0.4, -0.2) is 71.6 Å². The van der Waals surface area contributed by atoms with E-state index in [1.54, 1.807) is 25.1 Å². The molecule has 1 heterocycles. The summed E-state index contributed by atoms with van der Waals surface area (Å²) in [5.74, 6) is -1.60. The molecule has 4 N–H and O–H groups in total. The lowest BCUT2D eigenvalue weighted by Crippen LogP contribution is -2.61. The van der Waals surface area contributed by atoms with Gasteiger partial charge in [0, 0.05) is 48.7 Å². The number of hydrogen-bond acceptors (Lipinski definition) is 5. The van der Waals surface area contributed by atoms with Crippen molar-refractivity contribution in [3.8, 4) is 0 Å². The Kier molecular flexibility index (Phi) is 11.0. The van der Waals surface area contributed by atoms with E-state index in [0.717, 1.165) is 28.6 Å². The van der Waals surface area contributed by atoms with E-state index in [2.05, 4.69) is 44.9 Å². The predicted octanol–water partition coefficient (Wildman–Crippen LogP) is 3.81. The van der Waals surface area contributed by atoms with Gasteiger partial charge in [0.25, 0.3) is 0 Å². The van der Waals surface area contributed by atoms with Crippen LogP contribution in [0.3, 0.4) is 0 Å². The number of aryl methyl sites for hydroxylation is 1. The Morgan fingerprint density at radius 2 is 1.68 bits per heavy atom. The van der Waals surface area contributed by atoms with Crippen LogP contribution in [0.25, 0.3) is 10.9 Å². The highest BCUT2D eigenvalue weighted by Crippen LogP contribution is 2.35. The maximum Gasteiger partial charge on any atom is 0.331 e. The smallest absolute Gasteiger partial charge is 0.331 e. The summed E-state index contributed by atoms with van der Waals surface area (Å²) in [5.41, 5.74) is 2.21. The van der Waals surface area contributed by atoms with E-state index in [-0.39, 0.29) is 23.3 Å². The number of nitrogens with one attached hydrogen (secondary N) is 3. The molecule has 9 heteroatoms. The van der Waals surface area contributed by atoms with E-state index >= 15 is 0 Å². The highest BCUT2D eigenvalue weighted by atomic mass is 16.4. The lowest BCUT2D eigenvalue weighted by atomic mass is 9.76. The van der Waals surface area contributed by atoms with Crippen molar-refractivity contribution in [3.05, 3.63) is 47.2 Å². The zero-order valence-corrected chi connectivity index (χ0v) is 27.0. The summed E-state index contributed by atoms with van der Waals surface area (Å²) >= 11 is 0. The zero-order valence-electron chi connectivity index (χ0n) is 27.0. The number of nitrogens with zero attached hydrogens (tertiary/aromatic N) is 2. The highest BCUT2D eigenvalue weighted by Gasteiger charge is 2.42. The number of amides is 2. The van der Waals surface area contributed by atoms with E-state index in [1.165, 1.54) is 6.92 Å². The Hall–Kier alpha value is -3.17. The summed E-state index contributed by atoms with van der Waals surface area (Å²) < 4.78 is 2.08. The molecule has 228 valence electrons. The number of aromatic nitrogens is 1. The Bertz CT molecular complexity index is 1280. The maximum atomic E-state index is 14.0. The molecule has 0 saturated carbocycles. The van der Waals surface area contributed by atoms with E-state index in [1.807, 2.05) is 62.6 Å². The summed E-state index contributed by atoms with van der Waals surface area (Å²) in [6.07, 6.45) is 3.69. The average Bonchev–Trinajstić information content (AvgIpc) is 3.20. The summed E-state index contributed by atoms with van der Waals surface area (Å²) in [7, 11) is 7.35. The molecule has 0 saturated heterocycles. The first-order valence-electron chi connectivity index (χ1n) is 14.3. The molecule has 2 aromatic rings. The van der Waals surface area contributed by atoms with Crippen LogP contribution in [0.1, 0.15) is 66.5 Å². The Labute approximate surface area is 245 Å². The molecule has 0 fully saturated rings.